The maximum Gasteiger partial charge on any atom is 0.214 e. The fraction of sp³-hybridized carbons (Fsp3) is 0.615. The van der Waals surface area contributed by atoms with Crippen molar-refractivity contribution in [2.45, 2.75) is 32.6 Å². The molecule has 0 amide bonds. The van der Waals surface area contributed by atoms with Crippen molar-refractivity contribution >= 4 is 5.82 Å². The SMILES string of the molecule is CCCC1(CNc2cccc(OC)n2)CC1. The number of nitrogens with zero attached hydrogens (tertiary/aromatic N) is 1. The van der Waals surface area contributed by atoms with E-state index in [1.165, 1.54) is 25.7 Å². The lowest BCUT2D eigenvalue weighted by Gasteiger charge is -2.15. The van der Waals surface area contributed by atoms with E-state index in [0.717, 1.165) is 12.4 Å². The zero-order valence-corrected chi connectivity index (χ0v) is 10.1. The van der Waals surface area contributed by atoms with Crippen molar-refractivity contribution in [1.82, 2.24) is 4.98 Å². The summed E-state index contributed by atoms with van der Waals surface area (Å²) in [6, 6.07) is 5.82. The Morgan fingerprint density at radius 3 is 2.88 bits per heavy atom. The molecule has 0 unspecified atom stereocenters. The van der Waals surface area contributed by atoms with Gasteiger partial charge in [-0.05, 0) is 30.7 Å². The lowest BCUT2D eigenvalue weighted by molar-refractivity contribution is 0.398. The molecule has 1 N–H and O–H groups in total. The summed E-state index contributed by atoms with van der Waals surface area (Å²) in [6.45, 7) is 3.30. The summed E-state index contributed by atoms with van der Waals surface area (Å²) in [4.78, 5) is 4.35. The molecule has 1 heterocycles. The molecule has 1 saturated carbocycles. The number of ether oxygens (including phenoxy) is 1. The minimum absolute atomic E-state index is 0.555. The average Bonchev–Trinajstić information content (AvgIpc) is 3.08. The van der Waals surface area contributed by atoms with E-state index in [4.69, 9.17) is 4.74 Å². The Morgan fingerprint density at radius 2 is 2.25 bits per heavy atom. The molecule has 0 aliphatic heterocycles. The van der Waals surface area contributed by atoms with Gasteiger partial charge in [-0.25, -0.2) is 0 Å². The van der Waals surface area contributed by atoms with Crippen LogP contribution in [0.25, 0.3) is 0 Å². The Labute approximate surface area is 97.2 Å². The second-order valence-electron chi connectivity index (χ2n) is 4.67. The first-order valence-corrected chi connectivity index (χ1v) is 6.03. The molecule has 16 heavy (non-hydrogen) atoms. The summed E-state index contributed by atoms with van der Waals surface area (Å²) in [6.07, 6.45) is 5.31. The molecule has 0 aromatic carbocycles. The van der Waals surface area contributed by atoms with E-state index in [0.29, 0.717) is 11.3 Å². The first kappa shape index (κ1) is 11.2. The van der Waals surface area contributed by atoms with Gasteiger partial charge in [0.1, 0.15) is 5.82 Å². The highest BCUT2D eigenvalue weighted by atomic mass is 16.5. The number of aromatic nitrogens is 1. The van der Waals surface area contributed by atoms with Gasteiger partial charge in [-0.1, -0.05) is 19.4 Å². The van der Waals surface area contributed by atoms with Gasteiger partial charge in [-0.15, -0.1) is 0 Å². The van der Waals surface area contributed by atoms with E-state index < -0.39 is 0 Å². The minimum atomic E-state index is 0.555. The fourth-order valence-corrected chi connectivity index (χ4v) is 2.13. The zero-order valence-electron chi connectivity index (χ0n) is 10.1. The molecule has 1 aromatic rings. The van der Waals surface area contributed by atoms with Crippen LogP contribution >= 0.6 is 0 Å². The molecule has 0 spiro atoms. The van der Waals surface area contributed by atoms with Crippen LogP contribution in [-0.4, -0.2) is 18.6 Å². The van der Waals surface area contributed by atoms with Crippen LogP contribution in [0.3, 0.4) is 0 Å². The number of hydrogen-bond donors (Lipinski definition) is 1. The van der Waals surface area contributed by atoms with Crippen molar-refractivity contribution in [2.75, 3.05) is 19.0 Å². The van der Waals surface area contributed by atoms with Crippen molar-refractivity contribution in [2.24, 2.45) is 5.41 Å². The highest BCUT2D eigenvalue weighted by Crippen LogP contribution is 2.49. The maximum absolute atomic E-state index is 5.10. The van der Waals surface area contributed by atoms with Crippen molar-refractivity contribution in [3.8, 4) is 5.88 Å². The highest BCUT2D eigenvalue weighted by Gasteiger charge is 2.41. The number of hydrogen-bond acceptors (Lipinski definition) is 3. The minimum Gasteiger partial charge on any atom is -0.481 e. The maximum atomic E-state index is 5.10. The van der Waals surface area contributed by atoms with Crippen LogP contribution in [-0.2, 0) is 0 Å². The summed E-state index contributed by atoms with van der Waals surface area (Å²) in [5, 5.41) is 3.42. The first-order chi connectivity index (χ1) is 7.78. The van der Waals surface area contributed by atoms with Crippen LogP contribution < -0.4 is 10.1 Å². The number of rotatable bonds is 6. The third-order valence-corrected chi connectivity index (χ3v) is 3.31. The van der Waals surface area contributed by atoms with Gasteiger partial charge < -0.3 is 10.1 Å². The number of nitrogens with one attached hydrogen (secondary N) is 1. The molecule has 1 aliphatic rings. The molecule has 3 nitrogen and oxygen atoms in total. The van der Waals surface area contributed by atoms with E-state index in [-0.39, 0.29) is 0 Å². The Balaban J connectivity index is 1.89. The van der Waals surface area contributed by atoms with Gasteiger partial charge in [0.05, 0.1) is 7.11 Å². The Hall–Kier alpha value is -1.25. The third-order valence-electron chi connectivity index (χ3n) is 3.31. The molecular formula is C13H20N2O. The molecule has 0 atom stereocenters. The standard InChI is InChI=1S/C13H20N2O/c1-3-7-13(8-9-13)10-14-11-5-4-6-12(15-11)16-2/h4-6H,3,7-10H2,1-2H3,(H,14,15). The summed E-state index contributed by atoms with van der Waals surface area (Å²) < 4.78 is 5.10. The lowest BCUT2D eigenvalue weighted by Crippen LogP contribution is -2.15. The van der Waals surface area contributed by atoms with Gasteiger partial charge in [-0.3, -0.25) is 0 Å². The van der Waals surface area contributed by atoms with Crippen LogP contribution in [0, 0.1) is 5.41 Å². The van der Waals surface area contributed by atoms with Gasteiger partial charge in [-0.2, -0.15) is 4.98 Å². The normalized spacial score (nSPS) is 16.9. The van der Waals surface area contributed by atoms with Crippen molar-refractivity contribution < 1.29 is 4.74 Å². The van der Waals surface area contributed by atoms with E-state index in [9.17, 15) is 0 Å². The number of methoxy groups -OCH3 is 1. The lowest BCUT2D eigenvalue weighted by atomic mass is 10.0. The number of anilines is 1. The third kappa shape index (κ3) is 2.65. The molecule has 88 valence electrons. The van der Waals surface area contributed by atoms with Crippen LogP contribution in [0.2, 0.25) is 0 Å². The molecule has 0 radical (unpaired) electrons. The fourth-order valence-electron chi connectivity index (χ4n) is 2.13. The predicted octanol–water partition coefficient (Wildman–Crippen LogP) is 3.08. The van der Waals surface area contributed by atoms with Gasteiger partial charge in [0.25, 0.3) is 0 Å². The van der Waals surface area contributed by atoms with Gasteiger partial charge in [0.2, 0.25) is 5.88 Å². The molecular weight excluding hydrogens is 200 g/mol. The van der Waals surface area contributed by atoms with Crippen LogP contribution in [0.4, 0.5) is 5.82 Å². The van der Waals surface area contributed by atoms with Crippen LogP contribution in [0.1, 0.15) is 32.6 Å². The van der Waals surface area contributed by atoms with Gasteiger partial charge >= 0.3 is 0 Å². The van der Waals surface area contributed by atoms with Crippen LogP contribution in [0.5, 0.6) is 5.88 Å². The van der Waals surface area contributed by atoms with Crippen LogP contribution in [0.15, 0.2) is 18.2 Å². The van der Waals surface area contributed by atoms with E-state index in [1.807, 2.05) is 18.2 Å². The zero-order chi connectivity index (χ0) is 11.4. The molecule has 0 bridgehead atoms. The first-order valence-electron chi connectivity index (χ1n) is 6.03. The molecule has 1 aromatic heterocycles. The molecule has 3 heteroatoms. The molecule has 1 aliphatic carbocycles. The summed E-state index contributed by atoms with van der Waals surface area (Å²) in [7, 11) is 1.64. The molecule has 0 saturated heterocycles. The second kappa shape index (κ2) is 4.73. The second-order valence-corrected chi connectivity index (χ2v) is 4.67. The smallest absolute Gasteiger partial charge is 0.214 e. The average molecular weight is 220 g/mol. The van der Waals surface area contributed by atoms with Crippen molar-refractivity contribution in [3.63, 3.8) is 0 Å². The van der Waals surface area contributed by atoms with Crippen molar-refractivity contribution in [1.29, 1.82) is 0 Å². The Morgan fingerprint density at radius 1 is 1.44 bits per heavy atom. The van der Waals surface area contributed by atoms with E-state index in [1.54, 1.807) is 7.11 Å². The molecule has 2 rings (SSSR count). The predicted molar refractivity (Wildman–Crippen MR) is 65.9 cm³/mol. The number of pyridine rings is 1. The Bertz CT molecular complexity index is 348. The van der Waals surface area contributed by atoms with E-state index >= 15 is 0 Å². The van der Waals surface area contributed by atoms with Gasteiger partial charge in [0, 0.05) is 12.6 Å². The largest absolute Gasteiger partial charge is 0.481 e. The summed E-state index contributed by atoms with van der Waals surface area (Å²) in [5.41, 5.74) is 0.555. The molecule has 1 fully saturated rings. The van der Waals surface area contributed by atoms with Crippen molar-refractivity contribution in [3.05, 3.63) is 18.2 Å². The highest BCUT2D eigenvalue weighted by molar-refractivity contribution is 5.37. The quantitative estimate of drug-likeness (QED) is 0.800. The van der Waals surface area contributed by atoms with Gasteiger partial charge in [0.15, 0.2) is 0 Å². The summed E-state index contributed by atoms with van der Waals surface area (Å²) in [5.74, 6) is 1.59. The topological polar surface area (TPSA) is 34.1 Å². The van der Waals surface area contributed by atoms with E-state index in [2.05, 4.69) is 17.2 Å². The Kier molecular flexibility index (Phi) is 3.32. The summed E-state index contributed by atoms with van der Waals surface area (Å²) >= 11 is 0. The monoisotopic (exact) mass is 220 g/mol.